The van der Waals surface area contributed by atoms with Crippen molar-refractivity contribution in [3.8, 4) is 0 Å². The van der Waals surface area contributed by atoms with Crippen LogP contribution in [0.25, 0.3) is 0 Å². The molecule has 3 aromatic rings. The molecular formula is C21H19FN2O2S. The summed E-state index contributed by atoms with van der Waals surface area (Å²) >= 11 is 1.39. The molecule has 0 radical (unpaired) electrons. The van der Waals surface area contributed by atoms with Crippen LogP contribution in [0, 0.1) is 5.82 Å². The molecule has 2 amide bonds. The number of halogens is 1. The molecule has 0 unspecified atom stereocenters. The summed E-state index contributed by atoms with van der Waals surface area (Å²) in [4.78, 5) is 27.0. The molecular weight excluding hydrogens is 363 g/mol. The Kier molecular flexibility index (Phi) is 5.98. The number of carbonyl (C=O) groups is 2. The molecule has 0 fully saturated rings. The Morgan fingerprint density at radius 1 is 1.04 bits per heavy atom. The van der Waals surface area contributed by atoms with Crippen LogP contribution in [0.4, 0.5) is 10.1 Å². The first-order valence-electron chi connectivity index (χ1n) is 8.56. The molecule has 2 aromatic carbocycles. The van der Waals surface area contributed by atoms with Gasteiger partial charge in [0, 0.05) is 24.3 Å². The average molecular weight is 382 g/mol. The van der Waals surface area contributed by atoms with Gasteiger partial charge in [-0.05, 0) is 60.3 Å². The summed E-state index contributed by atoms with van der Waals surface area (Å²) in [5, 5.41) is 4.71. The van der Waals surface area contributed by atoms with E-state index in [1.807, 2.05) is 30.5 Å². The van der Waals surface area contributed by atoms with Crippen molar-refractivity contribution in [3.63, 3.8) is 0 Å². The second-order valence-corrected chi connectivity index (χ2v) is 6.83. The first kappa shape index (κ1) is 18.8. The summed E-state index contributed by atoms with van der Waals surface area (Å²) in [5.41, 5.74) is 2.09. The van der Waals surface area contributed by atoms with Crippen molar-refractivity contribution >= 4 is 28.8 Å². The maximum Gasteiger partial charge on any atom is 0.261 e. The Balaban J connectivity index is 1.65. The first-order chi connectivity index (χ1) is 13.1. The van der Waals surface area contributed by atoms with Crippen molar-refractivity contribution in [2.75, 3.05) is 11.4 Å². The van der Waals surface area contributed by atoms with Crippen LogP contribution in [0.3, 0.4) is 0 Å². The van der Waals surface area contributed by atoms with Crippen LogP contribution < -0.4 is 10.2 Å². The van der Waals surface area contributed by atoms with E-state index in [9.17, 15) is 14.0 Å². The van der Waals surface area contributed by atoms with Gasteiger partial charge in [0.15, 0.2) is 0 Å². The van der Waals surface area contributed by atoms with Gasteiger partial charge in [0.25, 0.3) is 11.8 Å². The van der Waals surface area contributed by atoms with E-state index in [1.54, 1.807) is 35.2 Å². The van der Waals surface area contributed by atoms with Crippen LogP contribution in [0.2, 0.25) is 0 Å². The van der Waals surface area contributed by atoms with Gasteiger partial charge >= 0.3 is 0 Å². The molecule has 27 heavy (non-hydrogen) atoms. The summed E-state index contributed by atoms with van der Waals surface area (Å²) in [7, 11) is 0. The third-order valence-corrected chi connectivity index (χ3v) is 4.97. The third-order valence-electron chi connectivity index (χ3n) is 4.10. The minimum Gasteiger partial charge on any atom is -0.347 e. The molecule has 0 saturated carbocycles. The highest BCUT2D eigenvalue weighted by Gasteiger charge is 2.16. The van der Waals surface area contributed by atoms with Gasteiger partial charge in [0.05, 0.1) is 4.88 Å². The number of amides is 2. The van der Waals surface area contributed by atoms with E-state index in [2.05, 4.69) is 5.32 Å². The van der Waals surface area contributed by atoms with E-state index >= 15 is 0 Å². The van der Waals surface area contributed by atoms with Crippen LogP contribution in [-0.2, 0) is 6.54 Å². The minimum absolute atomic E-state index is 0.112. The number of thiophene rings is 1. The lowest BCUT2D eigenvalue weighted by atomic mass is 10.1. The molecule has 1 heterocycles. The Morgan fingerprint density at radius 3 is 2.33 bits per heavy atom. The highest BCUT2D eigenvalue weighted by atomic mass is 32.1. The molecule has 0 atom stereocenters. The highest BCUT2D eigenvalue weighted by molar-refractivity contribution is 7.12. The summed E-state index contributed by atoms with van der Waals surface area (Å²) in [6, 6.07) is 16.6. The SMILES string of the molecule is CCN(C(=O)c1ccc(CNC(=O)c2cccs2)cc1)c1ccc(F)cc1. The fraction of sp³-hybridized carbons (Fsp3) is 0.143. The maximum atomic E-state index is 13.1. The minimum atomic E-state index is -0.337. The average Bonchev–Trinajstić information content (AvgIpc) is 3.23. The quantitative estimate of drug-likeness (QED) is 0.683. The molecule has 0 aliphatic rings. The van der Waals surface area contributed by atoms with E-state index in [4.69, 9.17) is 0 Å². The Bertz CT molecular complexity index is 906. The summed E-state index contributed by atoms with van der Waals surface area (Å²) in [6.45, 7) is 2.74. The fourth-order valence-corrected chi connectivity index (χ4v) is 3.30. The predicted molar refractivity (Wildman–Crippen MR) is 106 cm³/mol. The van der Waals surface area contributed by atoms with E-state index in [0.29, 0.717) is 29.2 Å². The second kappa shape index (κ2) is 8.60. The molecule has 0 bridgehead atoms. The topological polar surface area (TPSA) is 49.4 Å². The molecule has 4 nitrogen and oxygen atoms in total. The van der Waals surface area contributed by atoms with E-state index in [1.165, 1.54) is 23.5 Å². The van der Waals surface area contributed by atoms with Crippen molar-refractivity contribution in [1.82, 2.24) is 5.32 Å². The molecule has 0 aliphatic heterocycles. The van der Waals surface area contributed by atoms with Gasteiger partial charge in [-0.15, -0.1) is 11.3 Å². The van der Waals surface area contributed by atoms with Gasteiger partial charge < -0.3 is 10.2 Å². The lowest BCUT2D eigenvalue weighted by Crippen LogP contribution is -2.30. The van der Waals surface area contributed by atoms with Crippen LogP contribution in [-0.4, -0.2) is 18.4 Å². The largest absolute Gasteiger partial charge is 0.347 e. The molecule has 0 aliphatic carbocycles. The number of benzene rings is 2. The highest BCUT2D eigenvalue weighted by Crippen LogP contribution is 2.18. The second-order valence-electron chi connectivity index (χ2n) is 5.88. The van der Waals surface area contributed by atoms with Crippen LogP contribution in [0.15, 0.2) is 66.0 Å². The molecule has 1 N–H and O–H groups in total. The molecule has 138 valence electrons. The summed E-state index contributed by atoms with van der Waals surface area (Å²) in [6.07, 6.45) is 0. The molecule has 0 spiro atoms. The zero-order valence-corrected chi connectivity index (χ0v) is 15.6. The number of anilines is 1. The molecule has 6 heteroatoms. The van der Waals surface area contributed by atoms with Gasteiger partial charge in [0.2, 0.25) is 0 Å². The smallest absolute Gasteiger partial charge is 0.261 e. The van der Waals surface area contributed by atoms with Crippen molar-refractivity contribution in [2.45, 2.75) is 13.5 Å². The van der Waals surface area contributed by atoms with Crippen LogP contribution in [0.1, 0.15) is 32.5 Å². The van der Waals surface area contributed by atoms with Gasteiger partial charge in [-0.3, -0.25) is 9.59 Å². The monoisotopic (exact) mass is 382 g/mol. The van der Waals surface area contributed by atoms with Crippen molar-refractivity contribution in [3.05, 3.63) is 87.9 Å². The van der Waals surface area contributed by atoms with Crippen molar-refractivity contribution in [1.29, 1.82) is 0 Å². The molecule has 1 aromatic heterocycles. The molecule has 3 rings (SSSR count). The maximum absolute atomic E-state index is 13.1. The van der Waals surface area contributed by atoms with Crippen molar-refractivity contribution < 1.29 is 14.0 Å². The Hall–Kier alpha value is -2.99. The number of nitrogens with zero attached hydrogens (tertiary/aromatic N) is 1. The van der Waals surface area contributed by atoms with Gasteiger partial charge in [-0.2, -0.15) is 0 Å². The van der Waals surface area contributed by atoms with Crippen molar-refractivity contribution in [2.24, 2.45) is 0 Å². The van der Waals surface area contributed by atoms with Gasteiger partial charge in [0.1, 0.15) is 5.82 Å². The Labute approximate surface area is 161 Å². The summed E-state index contributed by atoms with van der Waals surface area (Å²) in [5.74, 6) is -0.604. The fourth-order valence-electron chi connectivity index (χ4n) is 2.66. The van der Waals surface area contributed by atoms with Gasteiger partial charge in [-0.1, -0.05) is 18.2 Å². The predicted octanol–water partition coefficient (Wildman–Crippen LogP) is 4.48. The lowest BCUT2D eigenvalue weighted by Gasteiger charge is -2.21. The lowest BCUT2D eigenvalue weighted by molar-refractivity contribution is 0.0952. The molecule has 0 saturated heterocycles. The van der Waals surface area contributed by atoms with E-state index in [0.717, 1.165) is 5.56 Å². The van der Waals surface area contributed by atoms with Gasteiger partial charge in [-0.25, -0.2) is 4.39 Å². The zero-order valence-electron chi connectivity index (χ0n) is 14.8. The van der Waals surface area contributed by atoms with E-state index in [-0.39, 0.29) is 17.6 Å². The summed E-state index contributed by atoms with van der Waals surface area (Å²) < 4.78 is 13.1. The number of rotatable bonds is 6. The first-order valence-corrected chi connectivity index (χ1v) is 9.44. The number of carbonyl (C=O) groups excluding carboxylic acids is 2. The Morgan fingerprint density at radius 2 is 1.74 bits per heavy atom. The normalized spacial score (nSPS) is 10.4. The third kappa shape index (κ3) is 4.60. The number of hydrogen-bond donors (Lipinski definition) is 1. The number of nitrogens with one attached hydrogen (secondary N) is 1. The standard InChI is InChI=1S/C21H19FN2O2S/c1-2-24(18-11-9-17(22)10-12-18)21(26)16-7-5-15(6-8-16)14-23-20(25)19-4-3-13-27-19/h3-13H,2,14H2,1H3,(H,23,25). The zero-order chi connectivity index (χ0) is 19.2. The van der Waals surface area contributed by atoms with Crippen LogP contribution in [0.5, 0.6) is 0 Å². The van der Waals surface area contributed by atoms with Crippen LogP contribution >= 0.6 is 11.3 Å². The van der Waals surface area contributed by atoms with E-state index < -0.39 is 0 Å². The number of hydrogen-bond acceptors (Lipinski definition) is 3.